The third-order valence-corrected chi connectivity index (χ3v) is 5.39. The van der Waals surface area contributed by atoms with E-state index in [2.05, 4.69) is 25.6 Å². The summed E-state index contributed by atoms with van der Waals surface area (Å²) in [6, 6.07) is 2.07. The van der Waals surface area contributed by atoms with Gasteiger partial charge in [0.2, 0.25) is 0 Å². The fourth-order valence-electron chi connectivity index (χ4n) is 1.86. The third kappa shape index (κ3) is 5.75. The van der Waals surface area contributed by atoms with E-state index in [0.29, 0.717) is 0 Å². The Morgan fingerprint density at radius 2 is 1.88 bits per heavy atom. The van der Waals surface area contributed by atoms with E-state index in [-0.39, 0.29) is 4.60 Å². The maximum Gasteiger partial charge on any atom is 0.414 e. The monoisotopic (exact) mass is 452 g/mol. The summed E-state index contributed by atoms with van der Waals surface area (Å²) in [6.07, 6.45) is -9.32. The average molecular weight is 453 g/mol. The largest absolute Gasteiger partial charge is 0.598 e. The van der Waals surface area contributed by atoms with E-state index in [9.17, 15) is 31.6 Å². The van der Waals surface area contributed by atoms with Crippen LogP contribution >= 0.6 is 15.9 Å². The highest BCUT2D eigenvalue weighted by Crippen LogP contribution is 2.36. The van der Waals surface area contributed by atoms with E-state index < -0.39 is 58.5 Å². The Morgan fingerprint density at radius 3 is 2.32 bits per heavy atom. The standard InChI is InChI=1S/C14H18BrF5N2O2S/c1-12(2,3)25(24)22-13(7-16,6-9(23)14(18,19)20)11-8(17)4-5-10(15)21-11/h4-5,9,22-23H,6-7H2,1-3H3/t9-,13+,25+/m0/s1. The molecule has 144 valence electrons. The highest BCUT2D eigenvalue weighted by atomic mass is 79.9. The van der Waals surface area contributed by atoms with Crippen molar-refractivity contribution in [3.63, 3.8) is 0 Å². The molecular weight excluding hydrogens is 435 g/mol. The first kappa shape index (κ1) is 22.6. The maximum atomic E-state index is 14.2. The summed E-state index contributed by atoms with van der Waals surface area (Å²) in [7, 11) is 0. The van der Waals surface area contributed by atoms with Gasteiger partial charge in [0.05, 0.1) is 0 Å². The summed E-state index contributed by atoms with van der Waals surface area (Å²) >= 11 is 0.885. The summed E-state index contributed by atoms with van der Waals surface area (Å²) in [5.41, 5.74) is -3.13. The molecule has 0 aliphatic heterocycles. The molecule has 11 heteroatoms. The van der Waals surface area contributed by atoms with Crippen molar-refractivity contribution in [2.24, 2.45) is 0 Å². The topological polar surface area (TPSA) is 68.2 Å². The second-order valence-electron chi connectivity index (χ2n) is 6.42. The Morgan fingerprint density at radius 1 is 1.32 bits per heavy atom. The number of halogens is 6. The molecule has 1 aromatic rings. The number of pyridine rings is 1. The van der Waals surface area contributed by atoms with E-state index in [1.165, 1.54) is 26.8 Å². The van der Waals surface area contributed by atoms with E-state index in [4.69, 9.17) is 0 Å². The van der Waals surface area contributed by atoms with Gasteiger partial charge in [-0.2, -0.15) is 13.2 Å². The number of aromatic nitrogens is 1. The number of hydrogen-bond donors (Lipinski definition) is 2. The van der Waals surface area contributed by atoms with Crippen molar-refractivity contribution in [2.75, 3.05) is 6.67 Å². The second-order valence-corrected chi connectivity index (χ2v) is 9.20. The lowest BCUT2D eigenvalue weighted by Gasteiger charge is -2.36. The average Bonchev–Trinajstić information content (AvgIpc) is 2.46. The fraction of sp³-hybridized carbons (Fsp3) is 0.643. The molecule has 1 heterocycles. The third-order valence-electron chi connectivity index (χ3n) is 3.26. The van der Waals surface area contributed by atoms with Crippen LogP contribution < -0.4 is 4.72 Å². The van der Waals surface area contributed by atoms with Gasteiger partial charge in [0.15, 0.2) is 6.10 Å². The van der Waals surface area contributed by atoms with Crippen LogP contribution in [0, 0.1) is 5.82 Å². The molecule has 0 radical (unpaired) electrons. The van der Waals surface area contributed by atoms with Gasteiger partial charge in [-0.3, -0.25) is 0 Å². The van der Waals surface area contributed by atoms with Crippen LogP contribution in [0.5, 0.6) is 0 Å². The van der Waals surface area contributed by atoms with E-state index in [1.54, 1.807) is 0 Å². The number of rotatable bonds is 6. The number of hydrogen-bond acceptors (Lipinski definition) is 4. The molecule has 2 N–H and O–H groups in total. The van der Waals surface area contributed by atoms with Crippen molar-refractivity contribution < 1.29 is 31.6 Å². The lowest BCUT2D eigenvalue weighted by atomic mass is 9.89. The van der Waals surface area contributed by atoms with Crippen LogP contribution in [-0.4, -0.2) is 38.3 Å². The van der Waals surface area contributed by atoms with Gasteiger partial charge in [-0.15, -0.1) is 4.72 Å². The van der Waals surface area contributed by atoms with Crippen LogP contribution in [-0.2, 0) is 16.9 Å². The molecule has 0 aliphatic rings. The Bertz CT molecular complexity index is 576. The predicted octanol–water partition coefficient (Wildman–Crippen LogP) is 3.51. The summed E-state index contributed by atoms with van der Waals surface area (Å²) in [6.45, 7) is 2.94. The minimum Gasteiger partial charge on any atom is -0.598 e. The van der Waals surface area contributed by atoms with Crippen molar-refractivity contribution in [2.45, 2.75) is 49.8 Å². The van der Waals surface area contributed by atoms with Gasteiger partial charge < -0.3 is 9.66 Å². The molecule has 0 spiro atoms. The van der Waals surface area contributed by atoms with Crippen molar-refractivity contribution in [3.8, 4) is 0 Å². The molecule has 0 amide bonds. The van der Waals surface area contributed by atoms with Gasteiger partial charge in [0.25, 0.3) is 0 Å². The first-order valence-corrected chi connectivity index (χ1v) is 9.00. The minimum absolute atomic E-state index is 0.0477. The predicted molar refractivity (Wildman–Crippen MR) is 87.3 cm³/mol. The number of aliphatic hydroxyl groups is 1. The Labute approximate surface area is 153 Å². The summed E-state index contributed by atoms with van der Waals surface area (Å²) in [5, 5.41) is 9.40. The van der Waals surface area contributed by atoms with Gasteiger partial charge in [-0.25, -0.2) is 13.8 Å². The molecule has 0 saturated heterocycles. The molecule has 1 rings (SSSR count). The zero-order chi connectivity index (χ0) is 19.6. The molecule has 25 heavy (non-hydrogen) atoms. The van der Waals surface area contributed by atoms with Crippen molar-refractivity contribution in [3.05, 3.63) is 28.2 Å². The van der Waals surface area contributed by atoms with Crippen LogP contribution in [0.3, 0.4) is 0 Å². The molecule has 4 nitrogen and oxygen atoms in total. The number of aliphatic hydroxyl groups excluding tert-OH is 1. The van der Waals surface area contributed by atoms with Crippen LogP contribution in [0.2, 0.25) is 0 Å². The minimum atomic E-state index is -5.06. The molecule has 0 fully saturated rings. The molecule has 0 saturated carbocycles. The molecule has 1 aromatic heterocycles. The highest BCUT2D eigenvalue weighted by molar-refractivity contribution is 9.10. The van der Waals surface area contributed by atoms with Crippen LogP contribution in [0.25, 0.3) is 0 Å². The van der Waals surface area contributed by atoms with E-state index in [1.807, 2.05) is 0 Å². The molecule has 0 bridgehead atoms. The molecule has 3 atom stereocenters. The number of nitrogens with zero attached hydrogens (tertiary/aromatic N) is 1. The van der Waals surface area contributed by atoms with Gasteiger partial charge in [-0.1, -0.05) is 0 Å². The van der Waals surface area contributed by atoms with Crippen LogP contribution in [0.15, 0.2) is 16.7 Å². The zero-order valence-electron chi connectivity index (χ0n) is 13.6. The van der Waals surface area contributed by atoms with Crippen molar-refractivity contribution in [1.82, 2.24) is 9.71 Å². The quantitative estimate of drug-likeness (QED) is 0.393. The Hall–Kier alpha value is -0.490. The van der Waals surface area contributed by atoms with Gasteiger partial charge in [0.1, 0.15) is 33.1 Å². The molecule has 0 aliphatic carbocycles. The smallest absolute Gasteiger partial charge is 0.414 e. The zero-order valence-corrected chi connectivity index (χ0v) is 16.0. The van der Waals surface area contributed by atoms with Gasteiger partial charge in [0, 0.05) is 17.8 Å². The maximum absolute atomic E-state index is 14.2. The van der Waals surface area contributed by atoms with Gasteiger partial charge >= 0.3 is 6.18 Å². The van der Waals surface area contributed by atoms with Crippen LogP contribution in [0.4, 0.5) is 22.0 Å². The van der Waals surface area contributed by atoms with Crippen LogP contribution in [0.1, 0.15) is 32.9 Å². The second kappa shape index (κ2) is 8.03. The summed E-state index contributed by atoms with van der Waals surface area (Å²) in [4.78, 5) is 3.71. The van der Waals surface area contributed by atoms with E-state index >= 15 is 0 Å². The van der Waals surface area contributed by atoms with Crippen molar-refractivity contribution in [1.29, 1.82) is 0 Å². The highest BCUT2D eigenvalue weighted by Gasteiger charge is 2.50. The SMILES string of the molecule is CC(C)(C)[S@@+]([O-])N[C@@](CF)(C[C@H](O)C(F)(F)F)c1nc(Br)ccc1F. The fourth-order valence-corrected chi connectivity index (χ4v) is 3.07. The first-order valence-electron chi connectivity index (χ1n) is 7.06. The molecule has 0 unspecified atom stereocenters. The Kier molecular flexibility index (Phi) is 7.25. The lowest BCUT2D eigenvalue weighted by Crippen LogP contribution is -2.56. The normalized spacial score (nSPS) is 17.9. The molecule has 0 aromatic carbocycles. The summed E-state index contributed by atoms with van der Waals surface area (Å²) in [5.74, 6) is -1.09. The summed E-state index contributed by atoms with van der Waals surface area (Å²) < 4.78 is 80.1. The van der Waals surface area contributed by atoms with Gasteiger partial charge in [-0.05, 0) is 48.8 Å². The number of alkyl halides is 4. The lowest BCUT2D eigenvalue weighted by molar-refractivity contribution is -0.210. The first-order chi connectivity index (χ1) is 11.2. The number of nitrogens with one attached hydrogen (secondary N) is 1. The van der Waals surface area contributed by atoms with E-state index in [0.717, 1.165) is 6.07 Å². The van der Waals surface area contributed by atoms with Crippen molar-refractivity contribution >= 4 is 27.3 Å². The Balaban J connectivity index is 3.44. The molecular formula is C14H18BrF5N2O2S.